The van der Waals surface area contributed by atoms with Crippen LogP contribution < -0.4 is 5.73 Å². The third kappa shape index (κ3) is 3.84. The highest BCUT2D eigenvalue weighted by molar-refractivity contribution is 4.82. The second-order valence-corrected chi connectivity index (χ2v) is 4.05. The van der Waals surface area contributed by atoms with Crippen LogP contribution in [0.15, 0.2) is 0 Å². The lowest BCUT2D eigenvalue weighted by atomic mass is 9.85. The summed E-state index contributed by atoms with van der Waals surface area (Å²) in [4.78, 5) is 0. The van der Waals surface area contributed by atoms with Gasteiger partial charge in [0, 0.05) is 6.04 Å². The van der Waals surface area contributed by atoms with E-state index in [0.717, 1.165) is 12.8 Å². The van der Waals surface area contributed by atoms with Crippen LogP contribution in [0.1, 0.15) is 26.2 Å². The molecule has 1 rings (SSSR count). The highest BCUT2D eigenvalue weighted by Gasteiger charge is 2.33. The van der Waals surface area contributed by atoms with Crippen molar-refractivity contribution in [3.8, 4) is 0 Å². The summed E-state index contributed by atoms with van der Waals surface area (Å²) in [5.41, 5.74) is 5.68. The van der Waals surface area contributed by atoms with Gasteiger partial charge in [-0.2, -0.15) is 13.2 Å². The molecule has 84 valence electrons. The minimum Gasteiger partial charge on any atom is -0.367 e. The molecular formula is C9H16F3NO. The second kappa shape index (κ2) is 4.49. The fraction of sp³-hybridized carbons (Fsp3) is 1.00. The molecule has 0 aromatic carbocycles. The van der Waals surface area contributed by atoms with Gasteiger partial charge in [-0.25, -0.2) is 0 Å². The number of nitrogens with two attached hydrogens (primary N) is 1. The zero-order valence-electron chi connectivity index (χ0n) is 8.18. The van der Waals surface area contributed by atoms with Crippen molar-refractivity contribution in [2.45, 2.75) is 44.5 Å². The van der Waals surface area contributed by atoms with Crippen molar-refractivity contribution in [1.82, 2.24) is 0 Å². The van der Waals surface area contributed by atoms with Gasteiger partial charge in [0.15, 0.2) is 0 Å². The second-order valence-electron chi connectivity index (χ2n) is 4.05. The molecule has 3 atom stereocenters. The molecule has 0 aromatic heterocycles. The Morgan fingerprint density at radius 3 is 2.57 bits per heavy atom. The van der Waals surface area contributed by atoms with Gasteiger partial charge in [-0.1, -0.05) is 6.92 Å². The standard InChI is InChI=1S/C9H16F3NO/c1-6-2-3-7(13)8(4-6)14-5-9(10,11)12/h6-8H,2-5,13H2,1H3. The van der Waals surface area contributed by atoms with Gasteiger partial charge in [0.25, 0.3) is 0 Å². The van der Waals surface area contributed by atoms with Crippen molar-refractivity contribution >= 4 is 0 Å². The van der Waals surface area contributed by atoms with Crippen LogP contribution in [0.3, 0.4) is 0 Å². The van der Waals surface area contributed by atoms with Crippen molar-refractivity contribution < 1.29 is 17.9 Å². The first-order chi connectivity index (χ1) is 6.38. The summed E-state index contributed by atoms with van der Waals surface area (Å²) in [6.07, 6.45) is -2.31. The van der Waals surface area contributed by atoms with Crippen molar-refractivity contribution in [3.63, 3.8) is 0 Å². The fourth-order valence-corrected chi connectivity index (χ4v) is 1.75. The molecule has 2 N–H and O–H groups in total. The normalized spacial score (nSPS) is 34.5. The lowest BCUT2D eigenvalue weighted by molar-refractivity contribution is -0.190. The van der Waals surface area contributed by atoms with Gasteiger partial charge in [-0.05, 0) is 25.2 Å². The topological polar surface area (TPSA) is 35.2 Å². The molecule has 5 heteroatoms. The van der Waals surface area contributed by atoms with Crippen LogP contribution >= 0.6 is 0 Å². The molecule has 0 spiro atoms. The van der Waals surface area contributed by atoms with Crippen LogP contribution in [-0.4, -0.2) is 24.9 Å². The van der Waals surface area contributed by atoms with Crippen LogP contribution in [0, 0.1) is 5.92 Å². The van der Waals surface area contributed by atoms with Crippen LogP contribution in [0.5, 0.6) is 0 Å². The first-order valence-electron chi connectivity index (χ1n) is 4.82. The minimum absolute atomic E-state index is 0.242. The molecule has 0 bridgehead atoms. The Labute approximate surface area is 81.6 Å². The van der Waals surface area contributed by atoms with E-state index in [4.69, 9.17) is 10.5 Å². The third-order valence-electron chi connectivity index (χ3n) is 2.57. The molecule has 1 fully saturated rings. The largest absolute Gasteiger partial charge is 0.411 e. The van der Waals surface area contributed by atoms with Crippen molar-refractivity contribution in [1.29, 1.82) is 0 Å². The Bertz CT molecular complexity index is 183. The maximum Gasteiger partial charge on any atom is 0.411 e. The lowest BCUT2D eigenvalue weighted by Gasteiger charge is -2.32. The smallest absolute Gasteiger partial charge is 0.367 e. The maximum absolute atomic E-state index is 11.9. The minimum atomic E-state index is -4.25. The van der Waals surface area contributed by atoms with Crippen molar-refractivity contribution in [2.24, 2.45) is 11.7 Å². The molecule has 0 saturated heterocycles. The van der Waals surface area contributed by atoms with Crippen LogP contribution in [0.2, 0.25) is 0 Å². The van der Waals surface area contributed by atoms with Gasteiger partial charge in [0.1, 0.15) is 6.61 Å². The van der Waals surface area contributed by atoms with E-state index < -0.39 is 18.9 Å². The van der Waals surface area contributed by atoms with E-state index in [0.29, 0.717) is 12.3 Å². The molecule has 3 unspecified atom stereocenters. The number of rotatable bonds is 2. The summed E-state index contributed by atoms with van der Waals surface area (Å²) < 4.78 is 40.4. The van der Waals surface area contributed by atoms with Crippen LogP contribution in [-0.2, 0) is 4.74 Å². The molecule has 1 aliphatic rings. The Morgan fingerprint density at radius 2 is 2.00 bits per heavy atom. The summed E-state index contributed by atoms with van der Waals surface area (Å²) in [7, 11) is 0. The van der Waals surface area contributed by atoms with E-state index in [1.807, 2.05) is 6.92 Å². The summed E-state index contributed by atoms with van der Waals surface area (Å²) >= 11 is 0. The quantitative estimate of drug-likeness (QED) is 0.759. The molecule has 0 aliphatic heterocycles. The summed E-state index contributed by atoms with van der Waals surface area (Å²) in [5, 5.41) is 0. The highest BCUT2D eigenvalue weighted by atomic mass is 19.4. The average Bonchev–Trinajstić information content (AvgIpc) is 2.05. The number of hydrogen-bond acceptors (Lipinski definition) is 2. The molecule has 2 nitrogen and oxygen atoms in total. The third-order valence-corrected chi connectivity index (χ3v) is 2.57. The van der Waals surface area contributed by atoms with Gasteiger partial charge < -0.3 is 10.5 Å². The Hall–Kier alpha value is -0.290. The molecule has 1 aliphatic carbocycles. The molecule has 0 heterocycles. The number of halogens is 3. The molecule has 0 radical (unpaired) electrons. The van der Waals surface area contributed by atoms with E-state index in [1.165, 1.54) is 0 Å². The Morgan fingerprint density at radius 1 is 1.36 bits per heavy atom. The summed E-state index contributed by atoms with van der Waals surface area (Å²) in [6, 6.07) is -0.242. The zero-order valence-corrected chi connectivity index (χ0v) is 8.18. The Kier molecular flexibility index (Phi) is 3.78. The summed E-state index contributed by atoms with van der Waals surface area (Å²) in [5.74, 6) is 0.410. The van der Waals surface area contributed by atoms with Crippen LogP contribution in [0.4, 0.5) is 13.2 Å². The molecular weight excluding hydrogens is 195 g/mol. The number of ether oxygens (including phenoxy) is 1. The van der Waals surface area contributed by atoms with Crippen molar-refractivity contribution in [3.05, 3.63) is 0 Å². The van der Waals surface area contributed by atoms with Gasteiger partial charge in [0.05, 0.1) is 6.10 Å². The van der Waals surface area contributed by atoms with Gasteiger partial charge in [0.2, 0.25) is 0 Å². The molecule has 0 aromatic rings. The van der Waals surface area contributed by atoms with Crippen LogP contribution in [0.25, 0.3) is 0 Å². The summed E-state index contributed by atoms with van der Waals surface area (Å²) in [6.45, 7) is 0.827. The SMILES string of the molecule is CC1CCC(N)C(OCC(F)(F)F)C1. The Balaban J connectivity index is 2.35. The predicted octanol–water partition coefficient (Wildman–Crippen LogP) is 2.08. The highest BCUT2D eigenvalue weighted by Crippen LogP contribution is 2.26. The first kappa shape index (κ1) is 11.8. The molecule has 0 amide bonds. The van der Waals surface area contributed by atoms with Crippen molar-refractivity contribution in [2.75, 3.05) is 6.61 Å². The zero-order chi connectivity index (χ0) is 10.8. The average molecular weight is 211 g/mol. The monoisotopic (exact) mass is 211 g/mol. The number of hydrogen-bond donors (Lipinski definition) is 1. The first-order valence-corrected chi connectivity index (χ1v) is 4.82. The lowest BCUT2D eigenvalue weighted by Crippen LogP contribution is -2.43. The van der Waals surface area contributed by atoms with E-state index in [2.05, 4.69) is 0 Å². The fourth-order valence-electron chi connectivity index (χ4n) is 1.75. The number of alkyl halides is 3. The molecule has 1 saturated carbocycles. The predicted molar refractivity (Wildman–Crippen MR) is 46.8 cm³/mol. The molecule has 14 heavy (non-hydrogen) atoms. The van der Waals surface area contributed by atoms with E-state index >= 15 is 0 Å². The van der Waals surface area contributed by atoms with E-state index in [1.54, 1.807) is 0 Å². The van der Waals surface area contributed by atoms with E-state index in [-0.39, 0.29) is 6.04 Å². The maximum atomic E-state index is 11.9. The van der Waals surface area contributed by atoms with Gasteiger partial charge in [-0.3, -0.25) is 0 Å². The van der Waals surface area contributed by atoms with Gasteiger partial charge in [-0.15, -0.1) is 0 Å². The van der Waals surface area contributed by atoms with Gasteiger partial charge >= 0.3 is 6.18 Å². The van der Waals surface area contributed by atoms with E-state index in [9.17, 15) is 13.2 Å².